The number of ketones is 1. The largest absolute Gasteiger partial charge is 0.508 e. The number of rotatable bonds is 10. The molecule has 0 aliphatic carbocycles. The highest BCUT2D eigenvalue weighted by Gasteiger charge is 2.49. The van der Waals surface area contributed by atoms with Gasteiger partial charge in [-0.25, -0.2) is 14.8 Å². The summed E-state index contributed by atoms with van der Waals surface area (Å²) in [7, 11) is 3.06. The van der Waals surface area contributed by atoms with E-state index in [1.165, 1.54) is 22.1 Å². The van der Waals surface area contributed by atoms with E-state index >= 15 is 0 Å². The zero-order valence-corrected chi connectivity index (χ0v) is 32.2. The number of fused-ring (bicyclic) bond motifs is 1. The average molecular weight is 750 g/mol. The molecule has 2 aliphatic rings. The Morgan fingerprint density at radius 3 is 2.62 bits per heavy atom. The first-order chi connectivity index (χ1) is 23.8. The van der Waals surface area contributed by atoms with Gasteiger partial charge in [-0.3, -0.25) is 14.5 Å². The summed E-state index contributed by atoms with van der Waals surface area (Å²) >= 11 is 1.54. The van der Waals surface area contributed by atoms with Gasteiger partial charge in [-0.05, 0) is 67.2 Å². The second-order valence-electron chi connectivity index (χ2n) is 13.8. The van der Waals surface area contributed by atoms with E-state index in [-0.39, 0.29) is 43.4 Å². The summed E-state index contributed by atoms with van der Waals surface area (Å²) in [4.78, 5) is 50.1. The number of esters is 1. The number of carbonyl (C=O) groups excluding carboxylic acids is 3. The van der Waals surface area contributed by atoms with E-state index in [0.29, 0.717) is 18.7 Å². The van der Waals surface area contributed by atoms with E-state index < -0.39 is 41.8 Å². The fourth-order valence-corrected chi connectivity index (χ4v) is 8.74. The Kier molecular flexibility index (Phi) is 15.2. The molecule has 2 N–H and O–H groups in total. The van der Waals surface area contributed by atoms with Crippen molar-refractivity contribution in [2.24, 2.45) is 17.3 Å². The molecule has 8 atom stereocenters. The van der Waals surface area contributed by atoms with Gasteiger partial charge in [0.15, 0.2) is 0 Å². The summed E-state index contributed by atoms with van der Waals surface area (Å²) < 4.78 is 16.7. The maximum atomic E-state index is 13.5. The minimum atomic E-state index is -1.29. The van der Waals surface area contributed by atoms with Gasteiger partial charge in [-0.1, -0.05) is 51.0 Å². The molecular weight excluding hydrogens is 699 g/mol. The number of hydrogen-bond acceptors (Lipinski definition) is 14. The molecule has 14 heteroatoms. The Balaban J connectivity index is 1.41. The van der Waals surface area contributed by atoms with Gasteiger partial charge < -0.3 is 24.4 Å². The third-order valence-corrected chi connectivity index (χ3v) is 12.7. The van der Waals surface area contributed by atoms with Crippen molar-refractivity contribution in [3.63, 3.8) is 0 Å². The van der Waals surface area contributed by atoms with E-state index in [0.717, 1.165) is 40.6 Å². The lowest BCUT2D eigenvalue weighted by molar-refractivity contribution is -0.154. The summed E-state index contributed by atoms with van der Waals surface area (Å²) in [5.74, 6) is -1.15. The molecule has 0 aromatic carbocycles. The number of cyclic esters (lactones) is 1. The predicted octanol–water partition coefficient (Wildman–Crippen LogP) is 6.36. The zero-order chi connectivity index (χ0) is 36.4. The van der Waals surface area contributed by atoms with Crippen molar-refractivity contribution in [2.45, 2.75) is 109 Å². The number of aryl methyl sites for hydroxylation is 1. The van der Waals surface area contributed by atoms with Crippen LogP contribution < -0.4 is 0 Å². The maximum absolute atomic E-state index is 13.5. The SMILES string of the molecule is C/C(=C/c1csc(C)n1)[C@@H]1C[C@H]2[C@@H](CCC[C@H](C)[C@H](O)[C@@H](C)C(=O)C(C)(C)[C@@H](O)CC(=O)O1)N2CCOC(=O)OCCSSc1ccccn1. The molecule has 276 valence electrons. The fourth-order valence-electron chi connectivity index (χ4n) is 6.47. The number of aliphatic hydroxyl groups excluding tert-OH is 2. The van der Waals surface area contributed by atoms with Crippen LogP contribution in [0.25, 0.3) is 6.08 Å². The van der Waals surface area contributed by atoms with E-state index in [1.807, 2.05) is 50.4 Å². The molecule has 2 saturated heterocycles. The summed E-state index contributed by atoms with van der Waals surface area (Å²) in [6.45, 7) is 11.6. The molecule has 0 saturated carbocycles. The van der Waals surface area contributed by atoms with Crippen molar-refractivity contribution >= 4 is 56.9 Å². The van der Waals surface area contributed by atoms with Crippen molar-refractivity contribution in [2.75, 3.05) is 25.5 Å². The van der Waals surface area contributed by atoms with Crippen LogP contribution in [0, 0.1) is 24.2 Å². The third kappa shape index (κ3) is 11.5. The summed E-state index contributed by atoms with van der Waals surface area (Å²) in [5.41, 5.74) is 0.349. The van der Waals surface area contributed by atoms with Gasteiger partial charge in [-0.15, -0.1) is 11.3 Å². The summed E-state index contributed by atoms with van der Waals surface area (Å²) in [6.07, 6.45) is 2.70. The first-order valence-corrected chi connectivity index (χ1v) is 20.4. The quantitative estimate of drug-likeness (QED) is 0.120. The maximum Gasteiger partial charge on any atom is 0.508 e. The van der Waals surface area contributed by atoms with Crippen LogP contribution >= 0.6 is 32.9 Å². The van der Waals surface area contributed by atoms with Crippen molar-refractivity contribution in [3.8, 4) is 0 Å². The number of aliphatic hydroxyl groups is 2. The van der Waals surface area contributed by atoms with Crippen LogP contribution in [0.1, 0.15) is 77.4 Å². The number of hydrogen-bond donors (Lipinski definition) is 2. The van der Waals surface area contributed by atoms with Gasteiger partial charge >= 0.3 is 12.1 Å². The average Bonchev–Trinajstić information content (AvgIpc) is 3.55. The molecule has 4 heterocycles. The third-order valence-electron chi connectivity index (χ3n) is 9.69. The van der Waals surface area contributed by atoms with E-state index in [9.17, 15) is 24.6 Å². The van der Waals surface area contributed by atoms with Crippen LogP contribution in [0.3, 0.4) is 0 Å². The molecule has 2 aromatic heterocycles. The monoisotopic (exact) mass is 749 g/mol. The van der Waals surface area contributed by atoms with Gasteiger partial charge in [0.05, 0.1) is 34.7 Å². The predicted molar refractivity (Wildman–Crippen MR) is 197 cm³/mol. The lowest BCUT2D eigenvalue weighted by atomic mass is 9.73. The van der Waals surface area contributed by atoms with Crippen LogP contribution in [-0.2, 0) is 23.8 Å². The van der Waals surface area contributed by atoms with Crippen molar-refractivity contribution < 1.29 is 38.8 Å². The van der Waals surface area contributed by atoms with E-state index in [4.69, 9.17) is 14.2 Å². The van der Waals surface area contributed by atoms with Gasteiger partial charge in [0.1, 0.15) is 30.1 Å². The topological polar surface area (TPSA) is 148 Å². The van der Waals surface area contributed by atoms with Crippen LogP contribution in [0.2, 0.25) is 0 Å². The van der Waals surface area contributed by atoms with E-state index in [2.05, 4.69) is 14.9 Å². The van der Waals surface area contributed by atoms with Crippen molar-refractivity contribution in [1.29, 1.82) is 0 Å². The standard InChI is InChI=1S/C36H51N3O8S3/c1-22-10-9-11-27-28(39(27)14-15-45-35(44)46-16-17-49-50-31-12-7-8-13-37-31)19-29(23(2)18-26-21-48-25(4)38-26)47-32(41)20-30(40)36(5,6)34(43)24(3)33(22)42/h7-8,12-13,18,21-22,24,27-30,33,40,42H,9-11,14-17,19-20H2,1-6H3/b23-18-/t22-,24+,27+,28-,29-,30-,33-,39?/m0/s1. The molecule has 0 radical (unpaired) electrons. The first kappa shape index (κ1) is 40.3. The molecule has 1 unspecified atom stereocenters. The zero-order valence-electron chi connectivity index (χ0n) is 29.8. The highest BCUT2D eigenvalue weighted by Crippen LogP contribution is 2.39. The number of thiazole rings is 1. The van der Waals surface area contributed by atoms with Gasteiger partial charge in [-0.2, -0.15) is 0 Å². The lowest BCUT2D eigenvalue weighted by Gasteiger charge is -2.34. The second kappa shape index (κ2) is 18.8. The van der Waals surface area contributed by atoms with E-state index in [1.54, 1.807) is 37.8 Å². The number of nitrogens with zero attached hydrogens (tertiary/aromatic N) is 3. The minimum Gasteiger partial charge on any atom is -0.458 e. The molecule has 0 bridgehead atoms. The molecular formula is C36H51N3O8S3. The van der Waals surface area contributed by atoms with Gasteiger partial charge in [0, 0.05) is 48.3 Å². The number of Topliss-reactive ketones (excluding diaryl/α,β-unsaturated/α-hetero) is 1. The van der Waals surface area contributed by atoms with Gasteiger partial charge in [0.2, 0.25) is 0 Å². The van der Waals surface area contributed by atoms with Crippen LogP contribution in [0.5, 0.6) is 0 Å². The molecule has 0 spiro atoms. The number of carbonyl (C=O) groups is 3. The molecule has 4 rings (SSSR count). The number of aromatic nitrogens is 2. The first-order valence-electron chi connectivity index (χ1n) is 17.2. The van der Waals surface area contributed by atoms with Gasteiger partial charge in [0.25, 0.3) is 0 Å². The molecule has 50 heavy (non-hydrogen) atoms. The van der Waals surface area contributed by atoms with Crippen LogP contribution in [0.4, 0.5) is 4.79 Å². The van der Waals surface area contributed by atoms with Crippen molar-refractivity contribution in [1.82, 2.24) is 14.9 Å². The molecule has 2 aliphatic heterocycles. The Morgan fingerprint density at radius 1 is 1.16 bits per heavy atom. The highest BCUT2D eigenvalue weighted by molar-refractivity contribution is 8.76. The number of ether oxygens (including phenoxy) is 3. The fraction of sp³-hybridized carbons (Fsp3) is 0.639. The minimum absolute atomic E-state index is 0.0583. The van der Waals surface area contributed by atoms with Crippen molar-refractivity contribution in [3.05, 3.63) is 46.1 Å². The molecule has 2 aromatic rings. The van der Waals surface area contributed by atoms with Crippen LogP contribution in [0.15, 0.2) is 40.4 Å². The Morgan fingerprint density at radius 2 is 1.92 bits per heavy atom. The normalized spacial score (nSPS) is 29.5. The molecule has 11 nitrogen and oxygen atoms in total. The van der Waals surface area contributed by atoms with Crippen LogP contribution in [-0.4, -0.2) is 98.9 Å². The lowest BCUT2D eigenvalue weighted by Crippen LogP contribution is -2.45. The number of pyridine rings is 1. The molecule has 0 amide bonds. The summed E-state index contributed by atoms with van der Waals surface area (Å²) in [5, 5.41) is 25.9. The smallest absolute Gasteiger partial charge is 0.458 e. The Labute approximate surface area is 307 Å². The Bertz CT molecular complexity index is 1450. The summed E-state index contributed by atoms with van der Waals surface area (Å²) in [6, 6.07) is 5.92. The molecule has 2 fully saturated rings. The highest BCUT2D eigenvalue weighted by atomic mass is 33.1. The Hall–Kier alpha value is -2.49. The second-order valence-corrected chi connectivity index (χ2v) is 17.3.